The van der Waals surface area contributed by atoms with E-state index < -0.39 is 5.41 Å². The number of rotatable bonds is 6. The molecular weight excluding hydrogens is 408 g/mol. The molecule has 2 heterocycles. The van der Waals surface area contributed by atoms with Crippen LogP contribution in [0.4, 0.5) is 0 Å². The van der Waals surface area contributed by atoms with Crippen LogP contribution in [-0.2, 0) is 11.2 Å². The second-order valence-corrected chi connectivity index (χ2v) is 8.83. The van der Waals surface area contributed by atoms with Crippen LogP contribution >= 0.6 is 11.3 Å². The molecule has 1 atom stereocenters. The normalized spacial score (nSPS) is 18.1. The fourth-order valence-corrected chi connectivity index (χ4v) is 5.16. The van der Waals surface area contributed by atoms with Crippen LogP contribution < -0.4 is 10.1 Å². The number of thiophene rings is 1. The fourth-order valence-electron chi connectivity index (χ4n) is 4.37. The van der Waals surface area contributed by atoms with Crippen molar-refractivity contribution in [1.29, 1.82) is 0 Å². The number of methoxy groups -OCH3 is 1. The van der Waals surface area contributed by atoms with E-state index in [-0.39, 0.29) is 11.8 Å². The SMILES string of the molecule is CNC(=O)[C@]1(Cc2ccccc2-c2cccs2)CCN(C(=O)c2cccc(OC)c2)C1. The van der Waals surface area contributed by atoms with Gasteiger partial charge < -0.3 is 15.0 Å². The third-order valence-electron chi connectivity index (χ3n) is 6.00. The lowest BCUT2D eigenvalue weighted by Crippen LogP contribution is -2.44. The molecule has 1 aliphatic heterocycles. The lowest BCUT2D eigenvalue weighted by Gasteiger charge is -2.28. The Balaban J connectivity index is 1.62. The summed E-state index contributed by atoms with van der Waals surface area (Å²) in [6.07, 6.45) is 1.21. The third kappa shape index (κ3) is 4.21. The zero-order chi connectivity index (χ0) is 21.8. The highest BCUT2D eigenvalue weighted by Crippen LogP contribution is 2.39. The van der Waals surface area contributed by atoms with Crippen molar-refractivity contribution >= 4 is 23.2 Å². The summed E-state index contributed by atoms with van der Waals surface area (Å²) in [7, 11) is 3.25. The summed E-state index contributed by atoms with van der Waals surface area (Å²) < 4.78 is 5.26. The van der Waals surface area contributed by atoms with Crippen molar-refractivity contribution in [1.82, 2.24) is 10.2 Å². The van der Waals surface area contributed by atoms with Crippen molar-refractivity contribution in [3.05, 3.63) is 77.2 Å². The van der Waals surface area contributed by atoms with E-state index in [0.717, 1.165) is 11.1 Å². The Bertz CT molecular complexity index is 1080. The van der Waals surface area contributed by atoms with Crippen LogP contribution in [0.1, 0.15) is 22.3 Å². The van der Waals surface area contributed by atoms with Crippen LogP contribution in [0, 0.1) is 5.41 Å². The molecule has 160 valence electrons. The van der Waals surface area contributed by atoms with Crippen molar-refractivity contribution in [2.24, 2.45) is 5.41 Å². The molecule has 6 heteroatoms. The Morgan fingerprint density at radius 2 is 1.97 bits per heavy atom. The first kappa shape index (κ1) is 21.1. The van der Waals surface area contributed by atoms with E-state index in [1.165, 1.54) is 4.88 Å². The van der Waals surface area contributed by atoms with Gasteiger partial charge in [0.05, 0.1) is 12.5 Å². The maximum absolute atomic E-state index is 13.2. The highest BCUT2D eigenvalue weighted by molar-refractivity contribution is 7.13. The van der Waals surface area contributed by atoms with Crippen LogP contribution in [0.15, 0.2) is 66.0 Å². The van der Waals surface area contributed by atoms with Crippen LogP contribution in [-0.4, -0.2) is 44.0 Å². The molecule has 0 bridgehead atoms. The van der Waals surface area contributed by atoms with E-state index in [9.17, 15) is 9.59 Å². The molecule has 4 rings (SSSR count). The van der Waals surface area contributed by atoms with Crippen LogP contribution in [0.25, 0.3) is 10.4 Å². The molecule has 0 spiro atoms. The maximum atomic E-state index is 13.2. The van der Waals surface area contributed by atoms with Gasteiger partial charge in [-0.2, -0.15) is 0 Å². The molecule has 3 aromatic rings. The molecule has 31 heavy (non-hydrogen) atoms. The van der Waals surface area contributed by atoms with E-state index in [4.69, 9.17) is 4.74 Å². The quantitative estimate of drug-likeness (QED) is 0.631. The van der Waals surface area contributed by atoms with Gasteiger partial charge in [-0.15, -0.1) is 11.3 Å². The Kier molecular flexibility index (Phi) is 6.09. The first-order chi connectivity index (χ1) is 15.1. The second-order valence-electron chi connectivity index (χ2n) is 7.88. The molecule has 1 saturated heterocycles. The number of carbonyl (C=O) groups excluding carboxylic acids is 2. The Morgan fingerprint density at radius 3 is 2.71 bits per heavy atom. The first-order valence-electron chi connectivity index (χ1n) is 10.3. The van der Waals surface area contributed by atoms with Crippen molar-refractivity contribution in [3.63, 3.8) is 0 Å². The summed E-state index contributed by atoms with van der Waals surface area (Å²) in [6.45, 7) is 0.937. The van der Waals surface area contributed by atoms with Gasteiger partial charge in [-0.25, -0.2) is 0 Å². The predicted octanol–water partition coefficient (Wildman–Crippen LogP) is 4.24. The highest BCUT2D eigenvalue weighted by Gasteiger charge is 2.46. The monoisotopic (exact) mass is 434 g/mol. The summed E-state index contributed by atoms with van der Waals surface area (Å²) in [6, 6.07) is 19.5. The average molecular weight is 435 g/mol. The minimum absolute atomic E-state index is 0.0191. The van der Waals surface area contributed by atoms with Crippen LogP contribution in [0.2, 0.25) is 0 Å². The fraction of sp³-hybridized carbons (Fsp3) is 0.280. The topological polar surface area (TPSA) is 58.6 Å². The zero-order valence-electron chi connectivity index (χ0n) is 17.8. The Labute approximate surface area is 186 Å². The second kappa shape index (κ2) is 8.94. The number of hydrogen-bond acceptors (Lipinski definition) is 4. The van der Waals surface area contributed by atoms with Gasteiger partial charge in [0, 0.05) is 30.6 Å². The number of ether oxygens (including phenoxy) is 1. The van der Waals surface area contributed by atoms with Crippen molar-refractivity contribution < 1.29 is 14.3 Å². The van der Waals surface area contributed by atoms with Gasteiger partial charge in [-0.05, 0) is 53.6 Å². The highest BCUT2D eigenvalue weighted by atomic mass is 32.1. The number of hydrogen-bond donors (Lipinski definition) is 1. The van der Waals surface area contributed by atoms with Crippen molar-refractivity contribution in [2.75, 3.05) is 27.2 Å². The van der Waals surface area contributed by atoms with Gasteiger partial charge in [0.1, 0.15) is 5.75 Å². The number of carbonyl (C=O) groups is 2. The molecule has 2 amide bonds. The number of likely N-dealkylation sites (tertiary alicyclic amines) is 1. The van der Waals surface area contributed by atoms with Gasteiger partial charge in [0.2, 0.25) is 5.91 Å². The summed E-state index contributed by atoms with van der Waals surface area (Å²) in [4.78, 5) is 29.2. The van der Waals surface area contributed by atoms with Crippen molar-refractivity contribution in [3.8, 4) is 16.2 Å². The minimum atomic E-state index is -0.656. The van der Waals surface area contributed by atoms with E-state index in [1.807, 2.05) is 30.3 Å². The maximum Gasteiger partial charge on any atom is 0.254 e. The van der Waals surface area contributed by atoms with E-state index in [0.29, 0.717) is 37.2 Å². The molecule has 0 aliphatic carbocycles. The average Bonchev–Trinajstić information content (AvgIpc) is 3.50. The summed E-state index contributed by atoms with van der Waals surface area (Å²) in [5, 5.41) is 4.91. The number of nitrogens with one attached hydrogen (secondary N) is 1. The first-order valence-corrected chi connectivity index (χ1v) is 11.2. The number of nitrogens with zero attached hydrogens (tertiary/aromatic N) is 1. The molecule has 5 nitrogen and oxygen atoms in total. The van der Waals surface area contributed by atoms with Crippen LogP contribution in [0.5, 0.6) is 5.75 Å². The smallest absolute Gasteiger partial charge is 0.254 e. The van der Waals surface area contributed by atoms with Gasteiger partial charge in [-0.3, -0.25) is 9.59 Å². The van der Waals surface area contributed by atoms with Gasteiger partial charge in [0.25, 0.3) is 5.91 Å². The summed E-state index contributed by atoms with van der Waals surface area (Å²) >= 11 is 1.69. The largest absolute Gasteiger partial charge is 0.497 e. The molecule has 1 N–H and O–H groups in total. The molecule has 0 saturated carbocycles. The molecular formula is C25H26N2O3S. The predicted molar refractivity (Wildman–Crippen MR) is 123 cm³/mol. The summed E-state index contributed by atoms with van der Waals surface area (Å²) in [5.41, 5.74) is 2.20. The minimum Gasteiger partial charge on any atom is -0.497 e. The van der Waals surface area contributed by atoms with Crippen LogP contribution in [0.3, 0.4) is 0 Å². The lowest BCUT2D eigenvalue weighted by molar-refractivity contribution is -0.129. The third-order valence-corrected chi connectivity index (χ3v) is 6.90. The van der Waals surface area contributed by atoms with E-state index in [2.05, 4.69) is 28.9 Å². The van der Waals surface area contributed by atoms with Crippen molar-refractivity contribution in [2.45, 2.75) is 12.8 Å². The standard InChI is InChI=1S/C25H26N2O3S/c1-26-24(29)25(16-19-7-3-4-10-21(19)22-11-6-14-31-22)12-13-27(17-25)23(28)18-8-5-9-20(15-18)30-2/h3-11,14-15H,12-13,16-17H2,1-2H3,(H,26,29)/t25-/m0/s1. The van der Waals surface area contributed by atoms with E-state index >= 15 is 0 Å². The molecule has 1 fully saturated rings. The van der Waals surface area contributed by atoms with E-state index in [1.54, 1.807) is 42.5 Å². The summed E-state index contributed by atoms with van der Waals surface area (Å²) in [5.74, 6) is 0.554. The Hall–Kier alpha value is -3.12. The number of benzene rings is 2. The number of amides is 2. The molecule has 2 aromatic carbocycles. The molecule has 1 aliphatic rings. The zero-order valence-corrected chi connectivity index (χ0v) is 18.6. The lowest BCUT2D eigenvalue weighted by atomic mass is 9.78. The van der Waals surface area contributed by atoms with Gasteiger partial charge in [0.15, 0.2) is 0 Å². The van der Waals surface area contributed by atoms with Gasteiger partial charge >= 0.3 is 0 Å². The molecule has 0 unspecified atom stereocenters. The Morgan fingerprint density at radius 1 is 1.13 bits per heavy atom. The molecule has 1 aromatic heterocycles. The van der Waals surface area contributed by atoms with Gasteiger partial charge in [-0.1, -0.05) is 36.4 Å². The molecule has 0 radical (unpaired) electrons.